The van der Waals surface area contributed by atoms with E-state index in [2.05, 4.69) is 5.32 Å². The molecule has 0 unspecified atom stereocenters. The number of benzene rings is 1. The highest BCUT2D eigenvalue weighted by Gasteiger charge is 2.48. The molecule has 2 aliphatic rings. The third-order valence-corrected chi connectivity index (χ3v) is 5.03. The fraction of sp³-hybridized carbons (Fsp3) is 0.500. The van der Waals surface area contributed by atoms with Crippen LogP contribution in [-0.4, -0.2) is 28.5 Å². The van der Waals surface area contributed by atoms with Crippen LogP contribution in [0.2, 0.25) is 0 Å². The SMILES string of the molecule is O=C(O)c1cc(C(=O)NCC2(C3CC3)CCC2)cc([N+](=O)[O-])c1. The van der Waals surface area contributed by atoms with Gasteiger partial charge in [-0.2, -0.15) is 0 Å². The standard InChI is InChI=1S/C16H18N2O5/c19-14(17-9-16(4-1-5-16)12-2-3-12)10-6-11(15(20)21)8-13(7-10)18(22)23/h6-8,12H,1-5,9H2,(H,17,19)(H,20,21). The first-order chi connectivity index (χ1) is 10.9. The van der Waals surface area contributed by atoms with E-state index < -0.39 is 22.5 Å². The molecule has 0 bridgehead atoms. The third-order valence-electron chi connectivity index (χ3n) is 5.03. The molecule has 7 heteroatoms. The van der Waals surface area contributed by atoms with Crippen LogP contribution in [0.25, 0.3) is 0 Å². The fourth-order valence-electron chi connectivity index (χ4n) is 3.39. The number of hydrogen-bond acceptors (Lipinski definition) is 4. The van der Waals surface area contributed by atoms with Crippen LogP contribution < -0.4 is 5.32 Å². The lowest BCUT2D eigenvalue weighted by Crippen LogP contribution is -2.43. The van der Waals surface area contributed by atoms with Gasteiger partial charge in [0.25, 0.3) is 11.6 Å². The molecule has 2 aliphatic carbocycles. The number of nitro benzene ring substituents is 1. The fourth-order valence-corrected chi connectivity index (χ4v) is 3.39. The number of nitrogens with one attached hydrogen (secondary N) is 1. The van der Waals surface area contributed by atoms with Gasteiger partial charge < -0.3 is 10.4 Å². The van der Waals surface area contributed by atoms with E-state index >= 15 is 0 Å². The van der Waals surface area contributed by atoms with Crippen molar-refractivity contribution in [1.29, 1.82) is 0 Å². The van der Waals surface area contributed by atoms with E-state index in [1.54, 1.807) is 0 Å². The van der Waals surface area contributed by atoms with Gasteiger partial charge in [-0.25, -0.2) is 4.79 Å². The van der Waals surface area contributed by atoms with Gasteiger partial charge in [0.15, 0.2) is 0 Å². The van der Waals surface area contributed by atoms with E-state index in [4.69, 9.17) is 5.11 Å². The number of nitrogens with zero attached hydrogens (tertiary/aromatic N) is 1. The van der Waals surface area contributed by atoms with Crippen molar-refractivity contribution in [2.45, 2.75) is 32.1 Å². The lowest BCUT2D eigenvalue weighted by Gasteiger charge is -2.42. The molecule has 23 heavy (non-hydrogen) atoms. The number of aromatic carboxylic acids is 1. The zero-order valence-electron chi connectivity index (χ0n) is 12.6. The zero-order chi connectivity index (χ0) is 16.6. The molecule has 0 aliphatic heterocycles. The van der Waals surface area contributed by atoms with Crippen molar-refractivity contribution >= 4 is 17.6 Å². The number of carboxylic acid groups (broad SMARTS) is 1. The predicted molar refractivity (Wildman–Crippen MR) is 81.4 cm³/mol. The van der Waals surface area contributed by atoms with Crippen molar-refractivity contribution in [3.63, 3.8) is 0 Å². The van der Waals surface area contributed by atoms with Crippen LogP contribution in [0.3, 0.4) is 0 Å². The lowest BCUT2D eigenvalue weighted by atomic mass is 9.65. The number of carbonyl (C=O) groups is 2. The van der Waals surface area contributed by atoms with Crippen molar-refractivity contribution in [2.24, 2.45) is 11.3 Å². The summed E-state index contributed by atoms with van der Waals surface area (Å²) in [6, 6.07) is 3.25. The highest BCUT2D eigenvalue weighted by molar-refractivity contribution is 5.98. The smallest absolute Gasteiger partial charge is 0.335 e. The van der Waals surface area contributed by atoms with Gasteiger partial charge in [-0.15, -0.1) is 0 Å². The number of non-ortho nitro benzene ring substituents is 1. The van der Waals surface area contributed by atoms with E-state index in [1.165, 1.54) is 25.3 Å². The van der Waals surface area contributed by atoms with Gasteiger partial charge in [0.1, 0.15) is 0 Å². The highest BCUT2D eigenvalue weighted by Crippen LogP contribution is 2.56. The average Bonchev–Trinajstić information content (AvgIpc) is 3.30. The first-order valence-electron chi connectivity index (χ1n) is 7.72. The molecule has 0 atom stereocenters. The van der Waals surface area contributed by atoms with Crippen molar-refractivity contribution in [2.75, 3.05) is 6.54 Å². The van der Waals surface area contributed by atoms with Gasteiger partial charge in [0.05, 0.1) is 10.5 Å². The minimum Gasteiger partial charge on any atom is -0.478 e. The summed E-state index contributed by atoms with van der Waals surface area (Å²) in [6.45, 7) is 0.557. The molecule has 1 aromatic carbocycles. The maximum Gasteiger partial charge on any atom is 0.335 e. The predicted octanol–water partition coefficient (Wildman–Crippen LogP) is 2.60. The number of carbonyl (C=O) groups excluding carboxylic acids is 1. The Morgan fingerprint density at radius 2 is 1.91 bits per heavy atom. The molecular formula is C16H18N2O5. The Balaban J connectivity index is 1.75. The molecule has 0 heterocycles. The Morgan fingerprint density at radius 1 is 1.26 bits per heavy atom. The van der Waals surface area contributed by atoms with Crippen LogP contribution in [0.1, 0.15) is 52.8 Å². The van der Waals surface area contributed by atoms with Gasteiger partial charge in [0.2, 0.25) is 0 Å². The second-order valence-electron chi connectivity index (χ2n) is 6.50. The molecular weight excluding hydrogens is 300 g/mol. The number of carboxylic acids is 1. The van der Waals surface area contributed by atoms with Crippen LogP contribution in [0.4, 0.5) is 5.69 Å². The lowest BCUT2D eigenvalue weighted by molar-refractivity contribution is -0.384. The van der Waals surface area contributed by atoms with Gasteiger partial charge in [-0.1, -0.05) is 6.42 Å². The summed E-state index contributed by atoms with van der Waals surface area (Å²) in [5, 5.41) is 22.8. The molecule has 3 rings (SSSR count). The molecule has 2 saturated carbocycles. The summed E-state index contributed by atoms with van der Waals surface area (Å²) < 4.78 is 0. The number of nitro groups is 1. The maximum absolute atomic E-state index is 12.3. The molecule has 1 amide bonds. The van der Waals surface area contributed by atoms with Crippen molar-refractivity contribution < 1.29 is 19.6 Å². The summed E-state index contributed by atoms with van der Waals surface area (Å²) in [7, 11) is 0. The Morgan fingerprint density at radius 3 is 2.39 bits per heavy atom. The summed E-state index contributed by atoms with van der Waals surface area (Å²) in [5.41, 5.74) is -0.450. The maximum atomic E-state index is 12.3. The van der Waals surface area contributed by atoms with E-state index in [9.17, 15) is 19.7 Å². The molecule has 0 aromatic heterocycles. The zero-order valence-corrected chi connectivity index (χ0v) is 12.6. The number of amides is 1. The van der Waals surface area contributed by atoms with Crippen LogP contribution in [0.15, 0.2) is 18.2 Å². The van der Waals surface area contributed by atoms with E-state index in [1.807, 2.05) is 0 Å². The molecule has 2 N–H and O–H groups in total. The van der Waals surface area contributed by atoms with Crippen molar-refractivity contribution in [3.05, 3.63) is 39.4 Å². The molecule has 0 saturated heterocycles. The average molecular weight is 318 g/mol. The van der Waals surface area contributed by atoms with Crippen molar-refractivity contribution in [3.8, 4) is 0 Å². The normalized spacial score (nSPS) is 18.8. The van der Waals surface area contributed by atoms with Crippen LogP contribution >= 0.6 is 0 Å². The first-order valence-corrected chi connectivity index (χ1v) is 7.72. The second kappa shape index (κ2) is 5.64. The molecule has 0 spiro atoms. The topological polar surface area (TPSA) is 110 Å². The van der Waals surface area contributed by atoms with E-state index in [0.717, 1.165) is 25.0 Å². The summed E-state index contributed by atoms with van der Waals surface area (Å²) in [6.07, 6.45) is 5.79. The van der Waals surface area contributed by atoms with Gasteiger partial charge in [-0.05, 0) is 43.1 Å². The minimum atomic E-state index is -1.30. The second-order valence-corrected chi connectivity index (χ2v) is 6.50. The monoisotopic (exact) mass is 318 g/mol. The minimum absolute atomic E-state index is 0.0156. The molecule has 2 fully saturated rings. The van der Waals surface area contributed by atoms with Gasteiger partial charge in [0, 0.05) is 24.2 Å². The van der Waals surface area contributed by atoms with Crippen LogP contribution in [0, 0.1) is 21.4 Å². The Kier molecular flexibility index (Phi) is 3.79. The molecule has 122 valence electrons. The number of rotatable bonds is 6. The van der Waals surface area contributed by atoms with Gasteiger partial charge >= 0.3 is 5.97 Å². The Labute approximate surface area is 132 Å². The molecule has 7 nitrogen and oxygen atoms in total. The van der Waals surface area contributed by atoms with Crippen LogP contribution in [-0.2, 0) is 0 Å². The van der Waals surface area contributed by atoms with E-state index in [-0.39, 0.29) is 16.5 Å². The molecule has 1 aromatic rings. The summed E-state index contributed by atoms with van der Waals surface area (Å²) in [5.74, 6) is -1.07. The van der Waals surface area contributed by atoms with E-state index in [0.29, 0.717) is 12.5 Å². The number of hydrogen-bond donors (Lipinski definition) is 2. The largest absolute Gasteiger partial charge is 0.478 e. The summed E-state index contributed by atoms with van der Waals surface area (Å²) in [4.78, 5) is 33.6. The van der Waals surface area contributed by atoms with Gasteiger partial charge in [-0.3, -0.25) is 14.9 Å². The Hall–Kier alpha value is -2.44. The molecule has 0 radical (unpaired) electrons. The first kappa shape index (κ1) is 15.5. The highest BCUT2D eigenvalue weighted by atomic mass is 16.6. The quantitative estimate of drug-likeness (QED) is 0.619. The van der Waals surface area contributed by atoms with Crippen LogP contribution in [0.5, 0.6) is 0 Å². The van der Waals surface area contributed by atoms with Crippen molar-refractivity contribution in [1.82, 2.24) is 5.32 Å². The summed E-state index contributed by atoms with van der Waals surface area (Å²) >= 11 is 0. The Bertz CT molecular complexity index is 645. The third kappa shape index (κ3) is 3.04.